The molecule has 5 nitrogen and oxygen atoms in total. The Balaban J connectivity index is 1.88. The van der Waals surface area contributed by atoms with Crippen molar-refractivity contribution in [3.63, 3.8) is 0 Å². The van der Waals surface area contributed by atoms with Gasteiger partial charge < -0.3 is 14.7 Å². The molecule has 0 amide bonds. The molecule has 4 rings (SSSR count). The third-order valence-corrected chi connectivity index (χ3v) is 5.88. The Kier molecular flexibility index (Phi) is 3.51. The van der Waals surface area contributed by atoms with Gasteiger partial charge in [-0.05, 0) is 74.4 Å². The second-order valence-electron chi connectivity index (χ2n) is 7.73. The Hall–Kier alpha value is -3.08. The van der Waals surface area contributed by atoms with Crippen molar-refractivity contribution in [1.29, 1.82) is 0 Å². The minimum Gasteiger partial charge on any atom is -0.478 e. The van der Waals surface area contributed by atoms with Gasteiger partial charge in [-0.2, -0.15) is 0 Å². The van der Waals surface area contributed by atoms with Crippen molar-refractivity contribution in [3.8, 4) is 5.75 Å². The molecule has 0 radical (unpaired) electrons. The van der Waals surface area contributed by atoms with E-state index in [4.69, 9.17) is 4.74 Å². The number of aryl methyl sites for hydroxylation is 1. The summed E-state index contributed by atoms with van der Waals surface area (Å²) in [7, 11) is 1.96. The van der Waals surface area contributed by atoms with Crippen LogP contribution in [0.25, 0.3) is 6.08 Å². The average molecular weight is 363 g/mol. The van der Waals surface area contributed by atoms with Crippen LogP contribution in [0.2, 0.25) is 0 Å². The van der Waals surface area contributed by atoms with Gasteiger partial charge in [0, 0.05) is 23.9 Å². The van der Waals surface area contributed by atoms with Crippen molar-refractivity contribution in [3.05, 3.63) is 64.2 Å². The molecule has 0 fully saturated rings. The van der Waals surface area contributed by atoms with Crippen molar-refractivity contribution in [2.45, 2.75) is 31.9 Å². The molecule has 2 aliphatic rings. The number of carbonyl (C=O) groups excluding carboxylic acids is 1. The van der Waals surface area contributed by atoms with Crippen LogP contribution in [-0.4, -0.2) is 30.1 Å². The maximum absolute atomic E-state index is 11.4. The lowest BCUT2D eigenvalue weighted by atomic mass is 9.76. The van der Waals surface area contributed by atoms with Gasteiger partial charge in [0.1, 0.15) is 12.0 Å². The second-order valence-corrected chi connectivity index (χ2v) is 7.73. The molecule has 2 aliphatic heterocycles. The lowest BCUT2D eigenvalue weighted by Gasteiger charge is -2.46. The van der Waals surface area contributed by atoms with E-state index in [2.05, 4.69) is 18.7 Å². The first-order valence-electron chi connectivity index (χ1n) is 8.81. The maximum atomic E-state index is 11.4. The fourth-order valence-corrected chi connectivity index (χ4v) is 4.32. The van der Waals surface area contributed by atoms with Crippen LogP contribution in [0.1, 0.15) is 51.3 Å². The number of fused-ring (bicyclic) bond motifs is 2. The molecule has 1 atom stereocenters. The molecule has 1 N–H and O–H groups in total. The fraction of sp³-hybridized carbons (Fsp3) is 0.273. The van der Waals surface area contributed by atoms with Crippen molar-refractivity contribution in [2.24, 2.45) is 0 Å². The highest BCUT2D eigenvalue weighted by molar-refractivity contribution is 5.89. The number of nitrogens with zero attached hydrogens (tertiary/aromatic N) is 1. The van der Waals surface area contributed by atoms with Crippen LogP contribution < -0.4 is 9.64 Å². The van der Waals surface area contributed by atoms with Crippen LogP contribution in [0, 0.1) is 6.92 Å². The van der Waals surface area contributed by atoms with E-state index in [1.165, 1.54) is 0 Å². The van der Waals surface area contributed by atoms with E-state index in [1.807, 2.05) is 44.3 Å². The highest BCUT2D eigenvalue weighted by Crippen LogP contribution is 2.54. The zero-order valence-corrected chi connectivity index (χ0v) is 15.7. The SMILES string of the molecule is Cc1cc(C=O)cc2c1OC1(C=C2)N(C)c2ccc(C(=O)O)cc2C1(C)C. The third kappa shape index (κ3) is 2.17. The van der Waals surface area contributed by atoms with E-state index in [-0.39, 0.29) is 5.56 Å². The highest BCUT2D eigenvalue weighted by Gasteiger charge is 2.57. The van der Waals surface area contributed by atoms with Crippen LogP contribution in [0.3, 0.4) is 0 Å². The van der Waals surface area contributed by atoms with Crippen LogP contribution in [-0.2, 0) is 5.41 Å². The summed E-state index contributed by atoms with van der Waals surface area (Å²) in [6.07, 6.45) is 4.82. The molecule has 138 valence electrons. The minimum atomic E-state index is -0.945. The van der Waals surface area contributed by atoms with Crippen molar-refractivity contribution < 1.29 is 19.4 Å². The molecule has 2 aromatic carbocycles. The molecule has 5 heteroatoms. The van der Waals surface area contributed by atoms with Gasteiger partial charge in [0.2, 0.25) is 5.72 Å². The van der Waals surface area contributed by atoms with Crippen LogP contribution >= 0.6 is 0 Å². The second kappa shape index (κ2) is 5.46. The molecule has 0 saturated heterocycles. The quantitative estimate of drug-likeness (QED) is 0.816. The molecule has 2 heterocycles. The van der Waals surface area contributed by atoms with E-state index in [1.54, 1.807) is 12.1 Å². The summed E-state index contributed by atoms with van der Waals surface area (Å²) in [6.45, 7) is 6.05. The van der Waals surface area contributed by atoms with Crippen LogP contribution in [0.4, 0.5) is 5.69 Å². The number of aldehydes is 1. The van der Waals surface area contributed by atoms with Gasteiger partial charge in [-0.25, -0.2) is 4.79 Å². The summed E-state index contributed by atoms with van der Waals surface area (Å²) >= 11 is 0. The number of ether oxygens (including phenoxy) is 1. The number of likely N-dealkylation sites (N-methyl/N-ethyl adjacent to an activating group) is 1. The van der Waals surface area contributed by atoms with Gasteiger partial charge in [0.25, 0.3) is 0 Å². The van der Waals surface area contributed by atoms with Gasteiger partial charge in [0.15, 0.2) is 0 Å². The molecular weight excluding hydrogens is 342 g/mol. The van der Waals surface area contributed by atoms with E-state index in [9.17, 15) is 14.7 Å². The average Bonchev–Trinajstić information content (AvgIpc) is 2.80. The molecule has 0 aliphatic carbocycles. The van der Waals surface area contributed by atoms with Crippen LogP contribution in [0.5, 0.6) is 5.75 Å². The number of carboxylic acid groups (broad SMARTS) is 1. The lowest BCUT2D eigenvalue weighted by molar-refractivity contribution is 0.0572. The minimum absolute atomic E-state index is 0.263. The monoisotopic (exact) mass is 363 g/mol. The third-order valence-electron chi connectivity index (χ3n) is 5.88. The van der Waals surface area contributed by atoms with E-state index < -0.39 is 17.1 Å². The van der Waals surface area contributed by atoms with Crippen molar-refractivity contribution >= 4 is 24.0 Å². The summed E-state index contributed by atoms with van der Waals surface area (Å²) in [5, 5.41) is 9.38. The number of anilines is 1. The zero-order chi connectivity index (χ0) is 19.6. The van der Waals surface area contributed by atoms with Gasteiger partial charge in [-0.3, -0.25) is 4.79 Å². The molecular formula is C22H21NO4. The van der Waals surface area contributed by atoms with E-state index >= 15 is 0 Å². The first-order valence-corrected chi connectivity index (χ1v) is 8.81. The molecule has 0 aromatic heterocycles. The topological polar surface area (TPSA) is 66.8 Å². The Bertz CT molecular complexity index is 1020. The number of carboxylic acids is 1. The number of benzene rings is 2. The van der Waals surface area contributed by atoms with Crippen LogP contribution in [0.15, 0.2) is 36.4 Å². The molecule has 27 heavy (non-hydrogen) atoms. The normalized spacial score (nSPS) is 21.6. The maximum Gasteiger partial charge on any atom is 0.335 e. The number of aromatic carboxylic acids is 1. The van der Waals surface area contributed by atoms with Gasteiger partial charge in [-0.15, -0.1) is 0 Å². The summed E-state index contributed by atoms with van der Waals surface area (Å²) in [6, 6.07) is 8.82. The van der Waals surface area contributed by atoms with Crippen molar-refractivity contribution in [1.82, 2.24) is 0 Å². The number of hydrogen-bond acceptors (Lipinski definition) is 4. The summed E-state index contributed by atoms with van der Waals surface area (Å²) < 4.78 is 6.60. The standard InChI is InChI=1S/C22H21NO4/c1-13-9-14(12-24)10-15-7-8-22(27-19(13)15)21(2,3)17-11-16(20(25)26)5-6-18(17)23(22)4/h5-12H,1-4H3,(H,25,26). The van der Waals surface area contributed by atoms with Gasteiger partial charge in [-0.1, -0.05) is 0 Å². The lowest BCUT2D eigenvalue weighted by Crippen LogP contribution is -2.58. The molecule has 0 saturated carbocycles. The highest BCUT2D eigenvalue weighted by atomic mass is 16.5. The Labute approximate surface area is 157 Å². The summed E-state index contributed by atoms with van der Waals surface area (Å²) in [4.78, 5) is 24.7. The van der Waals surface area contributed by atoms with E-state index in [0.717, 1.165) is 34.4 Å². The fourth-order valence-electron chi connectivity index (χ4n) is 4.32. The molecule has 0 bridgehead atoms. The molecule has 1 unspecified atom stereocenters. The number of carbonyl (C=O) groups is 2. The summed E-state index contributed by atoms with van der Waals surface area (Å²) in [5.41, 5.74) is 3.24. The largest absolute Gasteiger partial charge is 0.478 e. The Morgan fingerprint density at radius 3 is 2.63 bits per heavy atom. The smallest absolute Gasteiger partial charge is 0.335 e. The molecule has 1 spiro atoms. The van der Waals surface area contributed by atoms with Gasteiger partial charge in [0.05, 0.1) is 11.0 Å². The predicted octanol–water partition coefficient (Wildman–Crippen LogP) is 4.04. The number of hydrogen-bond donors (Lipinski definition) is 1. The number of rotatable bonds is 2. The van der Waals surface area contributed by atoms with Crippen molar-refractivity contribution in [2.75, 3.05) is 11.9 Å². The first-order chi connectivity index (χ1) is 12.7. The van der Waals surface area contributed by atoms with E-state index in [0.29, 0.717) is 5.56 Å². The predicted molar refractivity (Wildman–Crippen MR) is 104 cm³/mol. The first kappa shape index (κ1) is 17.3. The Morgan fingerprint density at radius 2 is 1.96 bits per heavy atom. The molecule has 2 aromatic rings. The Morgan fingerprint density at radius 1 is 1.22 bits per heavy atom. The zero-order valence-electron chi connectivity index (χ0n) is 15.7. The summed E-state index contributed by atoms with van der Waals surface area (Å²) in [5.74, 6) is -0.200. The van der Waals surface area contributed by atoms with Gasteiger partial charge >= 0.3 is 5.97 Å².